The fourth-order valence-corrected chi connectivity index (χ4v) is 2.62. The van der Waals surface area contributed by atoms with Gasteiger partial charge in [-0.3, -0.25) is 0 Å². The molecule has 98 valence electrons. The Morgan fingerprint density at radius 2 is 1.94 bits per heavy atom. The van der Waals surface area contributed by atoms with Crippen molar-refractivity contribution in [2.45, 2.75) is 44.7 Å². The highest BCUT2D eigenvalue weighted by molar-refractivity contribution is 5.35. The molecule has 1 saturated carbocycles. The first-order valence-corrected chi connectivity index (χ1v) is 6.91. The molecule has 4 nitrogen and oxygen atoms in total. The van der Waals surface area contributed by atoms with Crippen molar-refractivity contribution in [2.24, 2.45) is 0 Å². The zero-order valence-electron chi connectivity index (χ0n) is 10.7. The van der Waals surface area contributed by atoms with E-state index >= 15 is 0 Å². The predicted octanol–water partition coefficient (Wildman–Crippen LogP) is 2.28. The van der Waals surface area contributed by atoms with Gasteiger partial charge in [0.1, 0.15) is 13.2 Å². The van der Waals surface area contributed by atoms with Gasteiger partial charge in [0, 0.05) is 12.6 Å². The molecule has 0 aromatic carbocycles. The van der Waals surface area contributed by atoms with Crippen LogP contribution in [-0.2, 0) is 6.54 Å². The van der Waals surface area contributed by atoms with Gasteiger partial charge in [0.05, 0.1) is 5.69 Å². The number of fused-ring (bicyclic) bond motifs is 1. The summed E-state index contributed by atoms with van der Waals surface area (Å²) in [5.74, 6) is 1.41. The molecule has 0 radical (unpaired) electrons. The highest BCUT2D eigenvalue weighted by Gasteiger charge is 2.15. The molecule has 1 aliphatic heterocycles. The van der Waals surface area contributed by atoms with Crippen molar-refractivity contribution < 1.29 is 9.47 Å². The molecule has 2 aliphatic rings. The zero-order chi connectivity index (χ0) is 12.2. The van der Waals surface area contributed by atoms with Gasteiger partial charge in [-0.1, -0.05) is 19.3 Å². The van der Waals surface area contributed by atoms with Crippen LogP contribution in [0.2, 0.25) is 0 Å². The van der Waals surface area contributed by atoms with E-state index in [-0.39, 0.29) is 0 Å². The second-order valence-corrected chi connectivity index (χ2v) is 5.02. The number of nitrogens with zero attached hydrogens (tertiary/aromatic N) is 1. The Kier molecular flexibility index (Phi) is 3.64. The Balaban J connectivity index is 1.58. The molecule has 4 heteroatoms. The summed E-state index contributed by atoms with van der Waals surface area (Å²) in [4.78, 5) is 4.49. The third-order valence-corrected chi connectivity index (χ3v) is 3.64. The molecule has 18 heavy (non-hydrogen) atoms. The lowest BCUT2D eigenvalue weighted by atomic mass is 9.95. The van der Waals surface area contributed by atoms with Crippen LogP contribution < -0.4 is 14.8 Å². The second-order valence-electron chi connectivity index (χ2n) is 5.02. The van der Waals surface area contributed by atoms with Gasteiger partial charge in [-0.15, -0.1) is 0 Å². The lowest BCUT2D eigenvalue weighted by Crippen LogP contribution is -2.30. The molecular weight excluding hydrogens is 228 g/mol. The monoisotopic (exact) mass is 248 g/mol. The van der Waals surface area contributed by atoms with Crippen molar-refractivity contribution in [3.8, 4) is 11.6 Å². The smallest absolute Gasteiger partial charge is 0.257 e. The summed E-state index contributed by atoms with van der Waals surface area (Å²) < 4.78 is 11.0. The van der Waals surface area contributed by atoms with E-state index in [1.165, 1.54) is 32.1 Å². The Morgan fingerprint density at radius 1 is 1.11 bits per heavy atom. The van der Waals surface area contributed by atoms with Gasteiger partial charge >= 0.3 is 0 Å². The largest absolute Gasteiger partial charge is 0.484 e. The van der Waals surface area contributed by atoms with E-state index in [9.17, 15) is 0 Å². The second kappa shape index (κ2) is 5.57. The number of hydrogen-bond donors (Lipinski definition) is 1. The number of rotatable bonds is 3. The van der Waals surface area contributed by atoms with Gasteiger partial charge in [-0.2, -0.15) is 0 Å². The number of aromatic nitrogens is 1. The molecule has 0 amide bonds. The summed E-state index contributed by atoms with van der Waals surface area (Å²) in [6.45, 7) is 2.04. The lowest BCUT2D eigenvalue weighted by Gasteiger charge is -2.23. The molecule has 0 atom stereocenters. The van der Waals surface area contributed by atoms with Gasteiger partial charge < -0.3 is 14.8 Å². The van der Waals surface area contributed by atoms with Crippen molar-refractivity contribution in [3.05, 3.63) is 17.8 Å². The molecule has 1 fully saturated rings. The average Bonchev–Trinajstić information content (AvgIpc) is 2.46. The molecule has 0 bridgehead atoms. The maximum Gasteiger partial charge on any atom is 0.257 e. The number of pyridine rings is 1. The van der Waals surface area contributed by atoms with Crippen LogP contribution in [0.15, 0.2) is 12.1 Å². The summed E-state index contributed by atoms with van der Waals surface area (Å²) in [7, 11) is 0. The van der Waals surface area contributed by atoms with Crippen LogP contribution in [0.5, 0.6) is 11.6 Å². The van der Waals surface area contributed by atoms with Gasteiger partial charge in [0.15, 0.2) is 5.75 Å². The quantitative estimate of drug-likeness (QED) is 0.891. The normalized spacial score (nSPS) is 19.8. The number of nitrogens with one attached hydrogen (secondary N) is 1. The lowest BCUT2D eigenvalue weighted by molar-refractivity contribution is 0.164. The molecule has 0 unspecified atom stereocenters. The predicted molar refractivity (Wildman–Crippen MR) is 68.9 cm³/mol. The maximum absolute atomic E-state index is 5.49. The minimum Gasteiger partial charge on any atom is -0.484 e. The highest BCUT2D eigenvalue weighted by Crippen LogP contribution is 2.27. The number of hydrogen-bond acceptors (Lipinski definition) is 4. The van der Waals surface area contributed by atoms with Crippen LogP contribution in [0.3, 0.4) is 0 Å². The Bertz CT molecular complexity index is 403. The maximum atomic E-state index is 5.49. The molecule has 1 aliphatic carbocycles. The Hall–Kier alpha value is -1.29. The van der Waals surface area contributed by atoms with E-state index in [0.717, 1.165) is 18.0 Å². The minimum atomic E-state index is 0.597. The standard InChI is InChI=1S/C14H20N2O2/c1-2-4-11(5-3-1)15-10-12-6-7-13-14(16-12)18-9-8-17-13/h6-7,11,15H,1-5,8-10H2. The Labute approximate surface area is 108 Å². The molecule has 0 saturated heterocycles. The molecule has 1 N–H and O–H groups in total. The minimum absolute atomic E-state index is 0.597. The van der Waals surface area contributed by atoms with Crippen molar-refractivity contribution in [3.63, 3.8) is 0 Å². The van der Waals surface area contributed by atoms with Crippen molar-refractivity contribution in [1.29, 1.82) is 0 Å². The van der Waals surface area contributed by atoms with Crippen LogP contribution in [0.4, 0.5) is 0 Å². The fraction of sp³-hybridized carbons (Fsp3) is 0.643. The van der Waals surface area contributed by atoms with Gasteiger partial charge in [-0.05, 0) is 25.0 Å². The van der Waals surface area contributed by atoms with Gasteiger partial charge in [-0.25, -0.2) is 4.98 Å². The van der Waals surface area contributed by atoms with E-state index in [0.29, 0.717) is 25.1 Å². The molecule has 3 rings (SSSR count). The first kappa shape index (κ1) is 11.8. The first-order valence-electron chi connectivity index (χ1n) is 6.91. The fourth-order valence-electron chi connectivity index (χ4n) is 2.62. The van der Waals surface area contributed by atoms with E-state index in [4.69, 9.17) is 9.47 Å². The van der Waals surface area contributed by atoms with Gasteiger partial charge in [0.2, 0.25) is 0 Å². The summed E-state index contributed by atoms with van der Waals surface area (Å²) in [5.41, 5.74) is 1.03. The van der Waals surface area contributed by atoms with Crippen LogP contribution in [-0.4, -0.2) is 24.2 Å². The van der Waals surface area contributed by atoms with Crippen molar-refractivity contribution in [1.82, 2.24) is 10.3 Å². The summed E-state index contributed by atoms with van der Waals surface area (Å²) in [5, 5.41) is 3.59. The third kappa shape index (κ3) is 2.75. The van der Waals surface area contributed by atoms with Crippen LogP contribution in [0.1, 0.15) is 37.8 Å². The van der Waals surface area contributed by atoms with E-state index in [2.05, 4.69) is 10.3 Å². The third-order valence-electron chi connectivity index (χ3n) is 3.64. The topological polar surface area (TPSA) is 43.4 Å². The molecule has 2 heterocycles. The first-order chi connectivity index (χ1) is 8.92. The summed E-state index contributed by atoms with van der Waals surface area (Å²) in [6, 6.07) is 4.64. The van der Waals surface area contributed by atoms with Gasteiger partial charge in [0.25, 0.3) is 5.88 Å². The molecular formula is C14H20N2O2. The molecule has 0 spiro atoms. The van der Waals surface area contributed by atoms with Crippen LogP contribution in [0, 0.1) is 0 Å². The molecule has 1 aromatic rings. The summed E-state index contributed by atoms with van der Waals surface area (Å²) in [6.07, 6.45) is 6.69. The van der Waals surface area contributed by atoms with Crippen molar-refractivity contribution >= 4 is 0 Å². The number of ether oxygens (including phenoxy) is 2. The van der Waals surface area contributed by atoms with Crippen molar-refractivity contribution in [2.75, 3.05) is 13.2 Å². The van der Waals surface area contributed by atoms with E-state index in [1.54, 1.807) is 0 Å². The van der Waals surface area contributed by atoms with Crippen LogP contribution in [0.25, 0.3) is 0 Å². The molecule has 1 aromatic heterocycles. The zero-order valence-corrected chi connectivity index (χ0v) is 10.7. The highest BCUT2D eigenvalue weighted by atomic mass is 16.6. The van der Waals surface area contributed by atoms with E-state index < -0.39 is 0 Å². The average molecular weight is 248 g/mol. The Morgan fingerprint density at radius 3 is 2.83 bits per heavy atom. The summed E-state index contributed by atoms with van der Waals surface area (Å²) >= 11 is 0. The van der Waals surface area contributed by atoms with Crippen LogP contribution >= 0.6 is 0 Å². The SMILES string of the molecule is c1cc2c(nc1CNC1CCCCC1)OCCO2. The van der Waals surface area contributed by atoms with E-state index in [1.807, 2.05) is 12.1 Å².